The van der Waals surface area contributed by atoms with Crippen LogP contribution in [0.25, 0.3) is 0 Å². The summed E-state index contributed by atoms with van der Waals surface area (Å²) >= 11 is 5.78. The Morgan fingerprint density at radius 1 is 1.29 bits per heavy atom. The summed E-state index contributed by atoms with van der Waals surface area (Å²) in [6.07, 6.45) is 1.55. The second-order valence-corrected chi connectivity index (χ2v) is 5.33. The van der Waals surface area contributed by atoms with Crippen LogP contribution in [0.1, 0.15) is 23.7 Å². The van der Waals surface area contributed by atoms with Crippen LogP contribution in [0.5, 0.6) is 5.75 Å². The number of hydrogen-bond acceptors (Lipinski definition) is 5. The summed E-state index contributed by atoms with van der Waals surface area (Å²) in [7, 11) is 0. The monoisotopic (exact) mass is 346 g/mol. The van der Waals surface area contributed by atoms with Gasteiger partial charge in [-0.1, -0.05) is 17.7 Å². The molecule has 0 aliphatic heterocycles. The highest BCUT2D eigenvalue weighted by Crippen LogP contribution is 2.21. The van der Waals surface area contributed by atoms with Gasteiger partial charge in [-0.25, -0.2) is 10.4 Å². The number of benzene rings is 1. The van der Waals surface area contributed by atoms with E-state index in [1.807, 2.05) is 0 Å². The van der Waals surface area contributed by atoms with Crippen LogP contribution < -0.4 is 10.7 Å². The Hall–Kier alpha value is -2.93. The maximum absolute atomic E-state index is 12.0. The number of nitrogens with zero attached hydrogens (tertiary/aromatic N) is 2. The fraction of sp³-hybridized carbons (Fsp3) is 0.125. The van der Waals surface area contributed by atoms with Crippen molar-refractivity contribution in [1.82, 2.24) is 10.4 Å². The summed E-state index contributed by atoms with van der Waals surface area (Å²) < 4.78 is 0. The molecule has 0 saturated carbocycles. The van der Waals surface area contributed by atoms with Crippen molar-refractivity contribution < 1.29 is 14.7 Å². The zero-order valence-electron chi connectivity index (χ0n) is 12.8. The first-order valence-corrected chi connectivity index (χ1v) is 7.36. The van der Waals surface area contributed by atoms with Crippen molar-refractivity contribution in [2.24, 2.45) is 5.10 Å². The van der Waals surface area contributed by atoms with E-state index in [0.29, 0.717) is 16.6 Å². The number of nitrogens with one attached hydrogen (secondary N) is 2. The molecule has 2 amide bonds. The van der Waals surface area contributed by atoms with Gasteiger partial charge in [-0.05, 0) is 37.3 Å². The topological polar surface area (TPSA) is 104 Å². The van der Waals surface area contributed by atoms with E-state index in [1.54, 1.807) is 31.3 Å². The van der Waals surface area contributed by atoms with Crippen LogP contribution in [0.4, 0.5) is 5.82 Å². The number of hydrazone groups is 1. The van der Waals surface area contributed by atoms with E-state index < -0.39 is 5.91 Å². The van der Waals surface area contributed by atoms with Crippen LogP contribution in [-0.4, -0.2) is 27.6 Å². The lowest BCUT2D eigenvalue weighted by Crippen LogP contribution is -2.21. The molecule has 1 heterocycles. The molecular formula is C16H15ClN4O3. The average molecular weight is 347 g/mol. The molecule has 24 heavy (non-hydrogen) atoms. The second kappa shape index (κ2) is 8.07. The van der Waals surface area contributed by atoms with Crippen molar-refractivity contribution in [2.75, 3.05) is 5.32 Å². The number of rotatable bonds is 5. The number of phenolic OH excluding ortho intramolecular Hbond substituents is 1. The second-order valence-electron chi connectivity index (χ2n) is 4.89. The number of pyridine rings is 1. The molecule has 8 heteroatoms. The van der Waals surface area contributed by atoms with Gasteiger partial charge in [0.15, 0.2) is 0 Å². The van der Waals surface area contributed by atoms with E-state index in [-0.39, 0.29) is 23.6 Å². The lowest BCUT2D eigenvalue weighted by Gasteiger charge is -2.06. The summed E-state index contributed by atoms with van der Waals surface area (Å²) in [6, 6.07) is 9.25. The molecule has 124 valence electrons. The van der Waals surface area contributed by atoms with E-state index in [9.17, 15) is 14.7 Å². The van der Waals surface area contributed by atoms with Crippen molar-refractivity contribution in [3.05, 3.63) is 53.2 Å². The van der Waals surface area contributed by atoms with Gasteiger partial charge in [-0.15, -0.1) is 0 Å². The van der Waals surface area contributed by atoms with E-state index >= 15 is 0 Å². The Bertz CT molecular complexity index is 778. The molecule has 0 aliphatic rings. The number of halogens is 1. The molecule has 0 atom stereocenters. The minimum atomic E-state index is -0.625. The van der Waals surface area contributed by atoms with Gasteiger partial charge in [0.2, 0.25) is 5.91 Å². The molecule has 1 aromatic heterocycles. The van der Waals surface area contributed by atoms with Gasteiger partial charge in [-0.2, -0.15) is 5.10 Å². The fourth-order valence-corrected chi connectivity index (χ4v) is 1.96. The zero-order chi connectivity index (χ0) is 17.5. The number of carbonyl (C=O) groups is 2. The molecule has 0 bridgehead atoms. The summed E-state index contributed by atoms with van der Waals surface area (Å²) in [5.74, 6) is -0.713. The molecule has 0 radical (unpaired) electrons. The number of amides is 2. The van der Waals surface area contributed by atoms with E-state index in [2.05, 4.69) is 20.8 Å². The smallest absolute Gasteiger partial charge is 0.275 e. The van der Waals surface area contributed by atoms with Crippen LogP contribution in [0, 0.1) is 0 Å². The van der Waals surface area contributed by atoms with Crippen LogP contribution in [0.3, 0.4) is 0 Å². The molecule has 2 rings (SSSR count). The fourth-order valence-electron chi connectivity index (χ4n) is 1.79. The largest absolute Gasteiger partial charge is 0.507 e. The molecule has 7 nitrogen and oxygen atoms in total. The molecule has 1 aromatic carbocycles. The third kappa shape index (κ3) is 5.06. The van der Waals surface area contributed by atoms with E-state index in [0.717, 1.165) is 0 Å². The van der Waals surface area contributed by atoms with Gasteiger partial charge < -0.3 is 10.4 Å². The first kappa shape index (κ1) is 17.4. The number of aromatic nitrogens is 1. The number of aromatic hydroxyl groups is 1. The predicted molar refractivity (Wildman–Crippen MR) is 91.2 cm³/mol. The first-order chi connectivity index (χ1) is 11.5. The molecule has 0 saturated heterocycles. The van der Waals surface area contributed by atoms with Gasteiger partial charge >= 0.3 is 0 Å². The van der Waals surface area contributed by atoms with Crippen LogP contribution in [0.15, 0.2) is 47.7 Å². The summed E-state index contributed by atoms with van der Waals surface area (Å²) in [5, 5.41) is 16.4. The third-order valence-corrected chi connectivity index (χ3v) is 3.14. The highest BCUT2D eigenvalue weighted by atomic mass is 35.5. The predicted octanol–water partition coefficient (Wildman–Crippen LogP) is 2.58. The van der Waals surface area contributed by atoms with Gasteiger partial charge in [-0.3, -0.25) is 9.59 Å². The lowest BCUT2D eigenvalue weighted by atomic mass is 10.2. The summed E-state index contributed by atoms with van der Waals surface area (Å²) in [6.45, 7) is 1.59. The zero-order valence-corrected chi connectivity index (χ0v) is 13.5. The van der Waals surface area contributed by atoms with E-state index in [4.69, 9.17) is 11.6 Å². The average Bonchev–Trinajstić information content (AvgIpc) is 2.55. The minimum Gasteiger partial charge on any atom is -0.507 e. The number of carbonyl (C=O) groups excluding carboxylic acids is 2. The Balaban J connectivity index is 1.92. The van der Waals surface area contributed by atoms with Crippen LogP contribution in [-0.2, 0) is 4.79 Å². The van der Waals surface area contributed by atoms with Gasteiger partial charge in [0, 0.05) is 16.9 Å². The highest BCUT2D eigenvalue weighted by Gasteiger charge is 2.11. The number of hydrogen-bond donors (Lipinski definition) is 3. The quantitative estimate of drug-likeness (QED) is 0.571. The number of anilines is 1. The van der Waals surface area contributed by atoms with Crippen molar-refractivity contribution >= 4 is 34.9 Å². The van der Waals surface area contributed by atoms with Crippen LogP contribution in [0.2, 0.25) is 5.02 Å². The Kier molecular flexibility index (Phi) is 5.86. The first-order valence-electron chi connectivity index (χ1n) is 6.98. The Morgan fingerprint density at radius 2 is 2.08 bits per heavy atom. The number of phenols is 1. The van der Waals surface area contributed by atoms with Crippen molar-refractivity contribution in [2.45, 2.75) is 13.3 Å². The maximum atomic E-state index is 12.0. The SMILES string of the molecule is CC(CC(=O)Nc1ccccn1)=NNC(=O)c1cc(Cl)ccc1O. The molecule has 0 fully saturated rings. The molecule has 0 spiro atoms. The molecule has 3 N–H and O–H groups in total. The van der Waals surface area contributed by atoms with Gasteiger partial charge in [0.25, 0.3) is 5.91 Å². The molecule has 2 aromatic rings. The highest BCUT2D eigenvalue weighted by molar-refractivity contribution is 6.31. The summed E-state index contributed by atoms with van der Waals surface area (Å²) in [5.41, 5.74) is 2.66. The molecular weight excluding hydrogens is 332 g/mol. The normalized spacial score (nSPS) is 11.0. The third-order valence-electron chi connectivity index (χ3n) is 2.90. The summed E-state index contributed by atoms with van der Waals surface area (Å²) in [4.78, 5) is 27.8. The van der Waals surface area contributed by atoms with Crippen molar-refractivity contribution in [3.8, 4) is 5.75 Å². The maximum Gasteiger partial charge on any atom is 0.275 e. The van der Waals surface area contributed by atoms with Crippen molar-refractivity contribution in [1.29, 1.82) is 0 Å². The van der Waals surface area contributed by atoms with Crippen molar-refractivity contribution in [3.63, 3.8) is 0 Å². The van der Waals surface area contributed by atoms with Gasteiger partial charge in [0.05, 0.1) is 12.0 Å². The minimum absolute atomic E-state index is 0.00279. The van der Waals surface area contributed by atoms with Crippen LogP contribution >= 0.6 is 11.6 Å². The van der Waals surface area contributed by atoms with Gasteiger partial charge in [0.1, 0.15) is 11.6 Å². The Labute approximate surface area is 143 Å². The standard InChI is InChI=1S/C16H15ClN4O3/c1-10(8-15(23)19-14-4-2-3-7-18-14)20-21-16(24)12-9-11(17)5-6-13(12)22/h2-7,9,22H,8H2,1H3,(H,21,24)(H,18,19,23). The molecule has 0 unspecified atom stereocenters. The van der Waals surface area contributed by atoms with E-state index in [1.165, 1.54) is 18.2 Å². The lowest BCUT2D eigenvalue weighted by molar-refractivity contribution is -0.115. The Morgan fingerprint density at radius 3 is 2.79 bits per heavy atom. The molecule has 0 aliphatic carbocycles.